The lowest BCUT2D eigenvalue weighted by Gasteiger charge is -2.37. The predicted molar refractivity (Wildman–Crippen MR) is 112 cm³/mol. The van der Waals surface area contributed by atoms with Gasteiger partial charge in [-0.15, -0.1) is 0 Å². The number of hydrogen-bond donors (Lipinski definition) is 1. The van der Waals surface area contributed by atoms with E-state index in [0.717, 1.165) is 43.0 Å². The van der Waals surface area contributed by atoms with E-state index in [9.17, 15) is 9.59 Å². The van der Waals surface area contributed by atoms with Crippen LogP contribution in [0.3, 0.4) is 0 Å². The molecule has 1 saturated heterocycles. The first-order chi connectivity index (χ1) is 13.9. The molecule has 1 aliphatic carbocycles. The summed E-state index contributed by atoms with van der Waals surface area (Å²) in [4.78, 5) is 31.7. The van der Waals surface area contributed by atoms with Crippen LogP contribution in [0.25, 0.3) is 10.9 Å². The number of pyridine rings is 1. The SMILES string of the molecule is CCC1N(C2CCC(NC(=O)c3cccc4cccnc34)CC2)C(=O)OC1(C)C. The van der Waals surface area contributed by atoms with Crippen LogP contribution < -0.4 is 5.32 Å². The normalized spacial score (nSPS) is 26.4. The van der Waals surface area contributed by atoms with Gasteiger partial charge < -0.3 is 10.1 Å². The van der Waals surface area contributed by atoms with E-state index in [-0.39, 0.29) is 30.1 Å². The maximum atomic E-state index is 12.9. The van der Waals surface area contributed by atoms with E-state index in [2.05, 4.69) is 17.2 Å². The second kappa shape index (κ2) is 7.65. The summed E-state index contributed by atoms with van der Waals surface area (Å²) >= 11 is 0. The fourth-order valence-corrected chi connectivity index (χ4v) is 4.95. The highest BCUT2D eigenvalue weighted by Crippen LogP contribution is 2.37. The highest BCUT2D eigenvalue weighted by molar-refractivity contribution is 6.05. The second-order valence-corrected chi connectivity index (χ2v) is 8.66. The summed E-state index contributed by atoms with van der Waals surface area (Å²) < 4.78 is 5.62. The molecule has 29 heavy (non-hydrogen) atoms. The van der Waals surface area contributed by atoms with E-state index in [0.29, 0.717) is 5.56 Å². The molecular weight excluding hydrogens is 366 g/mol. The Bertz CT molecular complexity index is 913. The number of hydrogen-bond acceptors (Lipinski definition) is 4. The summed E-state index contributed by atoms with van der Waals surface area (Å²) in [6.45, 7) is 6.08. The van der Waals surface area contributed by atoms with Gasteiger partial charge in [0.25, 0.3) is 5.91 Å². The number of cyclic esters (lactones) is 1. The number of carbonyl (C=O) groups excluding carboxylic acids is 2. The Morgan fingerprint density at radius 3 is 2.66 bits per heavy atom. The number of nitrogens with one attached hydrogen (secondary N) is 1. The molecule has 1 aromatic heterocycles. The van der Waals surface area contributed by atoms with Gasteiger partial charge in [0.1, 0.15) is 5.60 Å². The average molecular weight is 396 g/mol. The fourth-order valence-electron chi connectivity index (χ4n) is 4.95. The van der Waals surface area contributed by atoms with E-state index < -0.39 is 5.60 Å². The minimum atomic E-state index is -0.446. The standard InChI is InChI=1S/C23H29N3O3/c1-4-19-23(2,3)29-22(28)26(19)17-12-10-16(11-13-17)25-21(27)18-9-5-7-15-8-6-14-24-20(15)18/h5-9,14,16-17,19H,4,10-13H2,1-3H3,(H,25,27). The molecule has 0 radical (unpaired) electrons. The van der Waals surface area contributed by atoms with E-state index in [4.69, 9.17) is 4.74 Å². The number of aromatic nitrogens is 1. The molecule has 4 rings (SSSR count). The van der Waals surface area contributed by atoms with Gasteiger partial charge in [-0.05, 0) is 58.1 Å². The molecule has 2 aliphatic rings. The lowest BCUT2D eigenvalue weighted by atomic mass is 9.87. The van der Waals surface area contributed by atoms with Crippen molar-refractivity contribution in [1.29, 1.82) is 0 Å². The maximum Gasteiger partial charge on any atom is 0.411 e. The highest BCUT2D eigenvalue weighted by atomic mass is 16.6. The first-order valence-corrected chi connectivity index (χ1v) is 10.6. The molecule has 1 atom stereocenters. The van der Waals surface area contributed by atoms with Gasteiger partial charge in [0, 0.05) is 23.7 Å². The van der Waals surface area contributed by atoms with E-state index in [1.165, 1.54) is 0 Å². The molecule has 1 saturated carbocycles. The average Bonchev–Trinajstić information content (AvgIpc) is 2.95. The fraction of sp³-hybridized carbons (Fsp3) is 0.522. The summed E-state index contributed by atoms with van der Waals surface area (Å²) in [6, 6.07) is 9.92. The van der Waals surface area contributed by atoms with Crippen LogP contribution in [0, 0.1) is 0 Å². The van der Waals surface area contributed by atoms with Crippen molar-refractivity contribution >= 4 is 22.9 Å². The minimum Gasteiger partial charge on any atom is -0.441 e. The number of fused-ring (bicyclic) bond motifs is 1. The van der Waals surface area contributed by atoms with Gasteiger partial charge in [-0.1, -0.05) is 25.1 Å². The Morgan fingerprint density at radius 1 is 1.21 bits per heavy atom. The number of benzene rings is 1. The largest absolute Gasteiger partial charge is 0.441 e. The lowest BCUT2D eigenvalue weighted by Crippen LogP contribution is -2.49. The van der Waals surface area contributed by atoms with Crippen molar-refractivity contribution in [2.24, 2.45) is 0 Å². The molecule has 0 bridgehead atoms. The number of amides is 2. The van der Waals surface area contributed by atoms with Crippen LogP contribution in [0.2, 0.25) is 0 Å². The van der Waals surface area contributed by atoms with Crippen molar-refractivity contribution in [3.05, 3.63) is 42.1 Å². The Morgan fingerprint density at radius 2 is 1.93 bits per heavy atom. The molecule has 2 aromatic rings. The third-order valence-corrected chi connectivity index (χ3v) is 6.39. The Balaban J connectivity index is 1.40. The highest BCUT2D eigenvalue weighted by Gasteiger charge is 2.49. The van der Waals surface area contributed by atoms with E-state index in [1.54, 1.807) is 6.20 Å². The molecule has 1 unspecified atom stereocenters. The summed E-state index contributed by atoms with van der Waals surface area (Å²) in [5, 5.41) is 4.14. The van der Waals surface area contributed by atoms with E-state index in [1.807, 2.05) is 49.1 Å². The molecule has 1 aliphatic heterocycles. The van der Waals surface area contributed by atoms with Crippen molar-refractivity contribution < 1.29 is 14.3 Å². The second-order valence-electron chi connectivity index (χ2n) is 8.66. The van der Waals surface area contributed by atoms with Gasteiger partial charge in [-0.3, -0.25) is 14.7 Å². The van der Waals surface area contributed by atoms with Crippen LogP contribution in [-0.2, 0) is 4.74 Å². The van der Waals surface area contributed by atoms with Crippen LogP contribution in [0.5, 0.6) is 0 Å². The van der Waals surface area contributed by atoms with Crippen molar-refractivity contribution in [2.45, 2.75) is 76.6 Å². The zero-order valence-electron chi connectivity index (χ0n) is 17.4. The van der Waals surface area contributed by atoms with Gasteiger partial charge in [0.15, 0.2) is 0 Å². The third-order valence-electron chi connectivity index (χ3n) is 6.39. The Labute approximate surface area is 171 Å². The number of rotatable bonds is 4. The first-order valence-electron chi connectivity index (χ1n) is 10.6. The zero-order valence-corrected chi connectivity index (χ0v) is 17.4. The minimum absolute atomic E-state index is 0.0779. The predicted octanol–water partition coefficient (Wildman–Crippen LogP) is 4.29. The Hall–Kier alpha value is -2.63. The summed E-state index contributed by atoms with van der Waals surface area (Å²) in [5.74, 6) is -0.0779. The first kappa shape index (κ1) is 19.7. The molecule has 0 spiro atoms. The van der Waals surface area contributed by atoms with Gasteiger partial charge in [-0.2, -0.15) is 0 Å². The van der Waals surface area contributed by atoms with Gasteiger partial charge >= 0.3 is 6.09 Å². The molecule has 2 fully saturated rings. The molecular formula is C23H29N3O3. The summed E-state index contributed by atoms with van der Waals surface area (Å²) in [5.41, 5.74) is 0.897. The quantitative estimate of drug-likeness (QED) is 0.838. The zero-order chi connectivity index (χ0) is 20.6. The van der Waals surface area contributed by atoms with Crippen LogP contribution in [0.4, 0.5) is 4.79 Å². The van der Waals surface area contributed by atoms with Crippen LogP contribution in [0.1, 0.15) is 63.2 Å². The molecule has 1 aromatic carbocycles. The number of carbonyl (C=O) groups is 2. The number of nitrogens with zero attached hydrogens (tertiary/aromatic N) is 2. The van der Waals surface area contributed by atoms with Crippen molar-refractivity contribution in [1.82, 2.24) is 15.2 Å². The summed E-state index contributed by atoms with van der Waals surface area (Å²) in [7, 11) is 0. The third kappa shape index (κ3) is 3.68. The van der Waals surface area contributed by atoms with Gasteiger partial charge in [0.05, 0.1) is 17.1 Å². The Kier molecular flexibility index (Phi) is 5.19. The smallest absolute Gasteiger partial charge is 0.411 e. The molecule has 2 amide bonds. The van der Waals surface area contributed by atoms with Crippen molar-refractivity contribution in [3.8, 4) is 0 Å². The van der Waals surface area contributed by atoms with Crippen molar-refractivity contribution in [2.75, 3.05) is 0 Å². The molecule has 6 heteroatoms. The molecule has 6 nitrogen and oxygen atoms in total. The molecule has 2 heterocycles. The van der Waals surface area contributed by atoms with Crippen LogP contribution in [0.15, 0.2) is 36.5 Å². The number of para-hydroxylation sites is 1. The van der Waals surface area contributed by atoms with E-state index >= 15 is 0 Å². The summed E-state index contributed by atoms with van der Waals surface area (Å²) in [6.07, 6.45) is 5.86. The maximum absolute atomic E-state index is 12.9. The monoisotopic (exact) mass is 395 g/mol. The van der Waals surface area contributed by atoms with Crippen LogP contribution >= 0.6 is 0 Å². The van der Waals surface area contributed by atoms with Crippen LogP contribution in [-0.4, -0.2) is 45.6 Å². The lowest BCUT2D eigenvalue weighted by molar-refractivity contribution is 0.0653. The van der Waals surface area contributed by atoms with Gasteiger partial charge in [0.2, 0.25) is 0 Å². The van der Waals surface area contributed by atoms with Gasteiger partial charge in [-0.25, -0.2) is 4.79 Å². The molecule has 154 valence electrons. The molecule has 1 N–H and O–H groups in total. The number of ether oxygens (including phenoxy) is 1. The topological polar surface area (TPSA) is 71.5 Å². The van der Waals surface area contributed by atoms with Crippen molar-refractivity contribution in [3.63, 3.8) is 0 Å².